The molecule has 0 unspecified atom stereocenters. The predicted molar refractivity (Wildman–Crippen MR) is 96.7 cm³/mol. The highest BCUT2D eigenvalue weighted by Gasteiger charge is 1.95. The SMILES string of the molecule is C=Cc1ccc(C=Nc2ccc(N=C(C)N(C)C)cc2)cc1. The van der Waals surface area contributed by atoms with Gasteiger partial charge in [-0.15, -0.1) is 0 Å². The van der Waals surface area contributed by atoms with E-state index >= 15 is 0 Å². The molecule has 2 aromatic rings. The molecule has 0 amide bonds. The summed E-state index contributed by atoms with van der Waals surface area (Å²) in [6, 6.07) is 16.0. The zero-order chi connectivity index (χ0) is 15.9. The van der Waals surface area contributed by atoms with Crippen LogP contribution in [0.25, 0.3) is 6.08 Å². The van der Waals surface area contributed by atoms with Gasteiger partial charge in [-0.25, -0.2) is 4.99 Å². The average Bonchev–Trinajstić information content (AvgIpc) is 2.54. The molecular weight excluding hydrogens is 270 g/mol. The van der Waals surface area contributed by atoms with E-state index in [9.17, 15) is 0 Å². The molecule has 0 aromatic heterocycles. The molecule has 0 saturated carbocycles. The first-order valence-corrected chi connectivity index (χ1v) is 7.18. The standard InChI is InChI=1S/C19H21N3/c1-5-16-6-8-17(9-7-16)14-20-18-10-12-19(13-11-18)21-15(2)22(3)4/h5-14H,1H2,2-4H3. The van der Waals surface area contributed by atoms with Crippen molar-refractivity contribution in [2.45, 2.75) is 6.92 Å². The molecule has 0 heterocycles. The number of hydrogen-bond acceptors (Lipinski definition) is 2. The Bertz CT molecular complexity index is 678. The Morgan fingerprint density at radius 2 is 1.45 bits per heavy atom. The van der Waals surface area contributed by atoms with Crippen LogP contribution >= 0.6 is 0 Å². The molecule has 0 saturated heterocycles. The molecule has 2 rings (SSSR count). The van der Waals surface area contributed by atoms with E-state index in [1.807, 2.05) is 86.7 Å². The smallest absolute Gasteiger partial charge is 0.101 e. The van der Waals surface area contributed by atoms with Gasteiger partial charge in [-0.3, -0.25) is 4.99 Å². The number of aliphatic imine (C=N–C) groups is 2. The molecule has 0 aliphatic rings. The molecule has 0 atom stereocenters. The summed E-state index contributed by atoms with van der Waals surface area (Å²) in [6.07, 6.45) is 3.69. The van der Waals surface area contributed by atoms with E-state index in [0.29, 0.717) is 0 Å². The quantitative estimate of drug-likeness (QED) is 0.593. The van der Waals surface area contributed by atoms with Crippen molar-refractivity contribution in [3.8, 4) is 0 Å². The fraction of sp³-hybridized carbons (Fsp3) is 0.158. The topological polar surface area (TPSA) is 28.0 Å². The van der Waals surface area contributed by atoms with Crippen molar-refractivity contribution in [3.63, 3.8) is 0 Å². The van der Waals surface area contributed by atoms with Crippen molar-refractivity contribution in [1.29, 1.82) is 0 Å². The third kappa shape index (κ3) is 4.42. The van der Waals surface area contributed by atoms with E-state index < -0.39 is 0 Å². The normalized spacial score (nSPS) is 11.7. The summed E-state index contributed by atoms with van der Waals surface area (Å²) >= 11 is 0. The van der Waals surface area contributed by atoms with Crippen molar-refractivity contribution < 1.29 is 0 Å². The highest BCUT2D eigenvalue weighted by atomic mass is 15.1. The van der Waals surface area contributed by atoms with Crippen LogP contribution in [0.4, 0.5) is 11.4 Å². The molecule has 2 aromatic carbocycles. The van der Waals surface area contributed by atoms with Crippen LogP contribution in [0.1, 0.15) is 18.1 Å². The number of amidine groups is 1. The van der Waals surface area contributed by atoms with Crippen LogP contribution in [0, 0.1) is 0 Å². The third-order valence-electron chi connectivity index (χ3n) is 3.32. The highest BCUT2D eigenvalue weighted by molar-refractivity contribution is 5.83. The maximum atomic E-state index is 4.52. The molecule has 0 N–H and O–H groups in total. The molecule has 0 aliphatic heterocycles. The summed E-state index contributed by atoms with van der Waals surface area (Å²) in [5, 5.41) is 0. The van der Waals surface area contributed by atoms with Crippen molar-refractivity contribution in [2.75, 3.05) is 14.1 Å². The highest BCUT2D eigenvalue weighted by Crippen LogP contribution is 2.19. The van der Waals surface area contributed by atoms with Gasteiger partial charge in [0.15, 0.2) is 0 Å². The summed E-state index contributed by atoms with van der Waals surface area (Å²) in [6.45, 7) is 5.73. The molecule has 112 valence electrons. The molecule has 0 fully saturated rings. The van der Waals surface area contributed by atoms with E-state index in [0.717, 1.165) is 28.3 Å². The van der Waals surface area contributed by atoms with Crippen molar-refractivity contribution in [1.82, 2.24) is 4.90 Å². The maximum absolute atomic E-state index is 4.52. The second kappa shape index (κ2) is 7.36. The molecule has 22 heavy (non-hydrogen) atoms. The number of nitrogens with zero attached hydrogens (tertiary/aromatic N) is 3. The lowest BCUT2D eigenvalue weighted by Gasteiger charge is -2.10. The summed E-state index contributed by atoms with van der Waals surface area (Å²) in [7, 11) is 3.96. The Kier molecular flexibility index (Phi) is 5.26. The van der Waals surface area contributed by atoms with Crippen molar-refractivity contribution in [3.05, 3.63) is 66.2 Å². The lowest BCUT2D eigenvalue weighted by Crippen LogP contribution is -2.17. The van der Waals surface area contributed by atoms with E-state index in [1.54, 1.807) is 0 Å². The van der Waals surface area contributed by atoms with E-state index in [2.05, 4.69) is 16.6 Å². The summed E-state index contributed by atoms with van der Waals surface area (Å²) in [5.74, 6) is 0.971. The molecule has 0 aliphatic carbocycles. The Balaban J connectivity index is 2.08. The first-order valence-electron chi connectivity index (χ1n) is 7.18. The zero-order valence-electron chi connectivity index (χ0n) is 13.3. The lowest BCUT2D eigenvalue weighted by molar-refractivity contribution is 0.619. The van der Waals surface area contributed by atoms with E-state index in [4.69, 9.17) is 0 Å². The van der Waals surface area contributed by atoms with Crippen LogP contribution in [0.3, 0.4) is 0 Å². The van der Waals surface area contributed by atoms with E-state index in [1.165, 1.54) is 0 Å². The van der Waals surface area contributed by atoms with Gasteiger partial charge in [-0.05, 0) is 42.3 Å². The van der Waals surface area contributed by atoms with Crippen molar-refractivity contribution >= 4 is 29.5 Å². The van der Waals surface area contributed by atoms with Gasteiger partial charge in [0, 0.05) is 20.3 Å². The fourth-order valence-electron chi connectivity index (χ4n) is 1.77. The van der Waals surface area contributed by atoms with Gasteiger partial charge >= 0.3 is 0 Å². The molecule has 3 nitrogen and oxygen atoms in total. The van der Waals surface area contributed by atoms with Gasteiger partial charge in [0.05, 0.1) is 11.4 Å². The van der Waals surface area contributed by atoms with Crippen LogP contribution in [-0.4, -0.2) is 31.0 Å². The van der Waals surface area contributed by atoms with Gasteiger partial charge in [0.2, 0.25) is 0 Å². The Morgan fingerprint density at radius 1 is 0.909 bits per heavy atom. The summed E-state index contributed by atoms with van der Waals surface area (Å²) in [5.41, 5.74) is 4.02. The Hall–Kier alpha value is -2.68. The van der Waals surface area contributed by atoms with Gasteiger partial charge in [-0.1, -0.05) is 36.9 Å². The van der Waals surface area contributed by atoms with Crippen molar-refractivity contribution in [2.24, 2.45) is 9.98 Å². The number of rotatable bonds is 4. The van der Waals surface area contributed by atoms with Crippen LogP contribution in [0.5, 0.6) is 0 Å². The molecule has 3 heteroatoms. The first-order chi connectivity index (χ1) is 10.6. The minimum Gasteiger partial charge on any atom is -0.366 e. The minimum absolute atomic E-state index is 0.911. The maximum Gasteiger partial charge on any atom is 0.101 e. The Morgan fingerprint density at radius 3 is 2.00 bits per heavy atom. The summed E-state index contributed by atoms with van der Waals surface area (Å²) < 4.78 is 0. The third-order valence-corrected chi connectivity index (χ3v) is 3.32. The second-order valence-corrected chi connectivity index (χ2v) is 5.20. The number of benzene rings is 2. The van der Waals surface area contributed by atoms with Gasteiger partial charge in [0.1, 0.15) is 5.84 Å². The van der Waals surface area contributed by atoms with Crippen LogP contribution in [0.2, 0.25) is 0 Å². The fourth-order valence-corrected chi connectivity index (χ4v) is 1.77. The minimum atomic E-state index is 0.911. The van der Waals surface area contributed by atoms with Gasteiger partial charge < -0.3 is 4.90 Å². The van der Waals surface area contributed by atoms with Crippen LogP contribution in [-0.2, 0) is 0 Å². The zero-order valence-corrected chi connectivity index (χ0v) is 13.3. The van der Waals surface area contributed by atoms with E-state index in [-0.39, 0.29) is 0 Å². The molecule has 0 radical (unpaired) electrons. The predicted octanol–water partition coefficient (Wildman–Crippen LogP) is 4.69. The van der Waals surface area contributed by atoms with Crippen LogP contribution < -0.4 is 0 Å². The van der Waals surface area contributed by atoms with Gasteiger partial charge in [0.25, 0.3) is 0 Å². The Labute approximate surface area is 132 Å². The molecular formula is C19H21N3. The average molecular weight is 291 g/mol. The molecule has 0 bridgehead atoms. The monoisotopic (exact) mass is 291 g/mol. The first kappa shape index (κ1) is 15.7. The largest absolute Gasteiger partial charge is 0.366 e. The molecule has 0 spiro atoms. The lowest BCUT2D eigenvalue weighted by atomic mass is 10.1. The second-order valence-electron chi connectivity index (χ2n) is 5.20. The number of hydrogen-bond donors (Lipinski definition) is 0. The van der Waals surface area contributed by atoms with Gasteiger partial charge in [-0.2, -0.15) is 0 Å². The summed E-state index contributed by atoms with van der Waals surface area (Å²) in [4.78, 5) is 11.0. The van der Waals surface area contributed by atoms with Crippen LogP contribution in [0.15, 0.2) is 65.1 Å².